The first-order valence-electron chi connectivity index (χ1n) is 4.67. The molecule has 0 atom stereocenters. The molecular formula is C9H18N2O. The van der Waals surface area contributed by atoms with Crippen LogP contribution in [0.3, 0.4) is 0 Å². The van der Waals surface area contributed by atoms with Crippen molar-refractivity contribution in [2.45, 2.75) is 20.3 Å². The number of piperazine rings is 1. The summed E-state index contributed by atoms with van der Waals surface area (Å²) in [5, 5.41) is 2.82. The third-order valence-electron chi connectivity index (χ3n) is 2.14. The minimum atomic E-state index is 0.171. The predicted molar refractivity (Wildman–Crippen MR) is 48.9 cm³/mol. The molecule has 0 unspecified atom stereocenters. The van der Waals surface area contributed by atoms with E-state index < -0.39 is 0 Å². The minimum absolute atomic E-state index is 0.171. The molecule has 1 amide bonds. The quantitative estimate of drug-likeness (QED) is 0.667. The van der Waals surface area contributed by atoms with E-state index in [1.807, 2.05) is 0 Å². The van der Waals surface area contributed by atoms with Gasteiger partial charge in [-0.05, 0) is 18.9 Å². The zero-order valence-corrected chi connectivity index (χ0v) is 7.97. The molecule has 3 heteroatoms. The first kappa shape index (κ1) is 9.52. The van der Waals surface area contributed by atoms with E-state index in [0.29, 0.717) is 6.54 Å². The van der Waals surface area contributed by atoms with Gasteiger partial charge in [0.05, 0.1) is 6.54 Å². The van der Waals surface area contributed by atoms with Crippen molar-refractivity contribution in [1.82, 2.24) is 10.2 Å². The average molecular weight is 170 g/mol. The molecule has 0 aromatic heterocycles. The summed E-state index contributed by atoms with van der Waals surface area (Å²) < 4.78 is 0. The van der Waals surface area contributed by atoms with Crippen LogP contribution in [0.15, 0.2) is 0 Å². The average Bonchev–Trinajstić information content (AvgIpc) is 2.01. The van der Waals surface area contributed by atoms with E-state index in [4.69, 9.17) is 0 Å². The molecule has 70 valence electrons. The van der Waals surface area contributed by atoms with Crippen molar-refractivity contribution < 1.29 is 4.79 Å². The number of hydrogen-bond acceptors (Lipinski definition) is 2. The van der Waals surface area contributed by atoms with Gasteiger partial charge < -0.3 is 5.32 Å². The second kappa shape index (κ2) is 4.45. The maximum absolute atomic E-state index is 11.0. The number of nitrogens with zero attached hydrogens (tertiary/aromatic N) is 1. The van der Waals surface area contributed by atoms with Crippen LogP contribution in [0.4, 0.5) is 0 Å². The van der Waals surface area contributed by atoms with Crippen molar-refractivity contribution in [2.75, 3.05) is 26.2 Å². The van der Waals surface area contributed by atoms with Gasteiger partial charge in [-0.25, -0.2) is 0 Å². The third-order valence-corrected chi connectivity index (χ3v) is 2.14. The fourth-order valence-corrected chi connectivity index (χ4v) is 1.32. The lowest BCUT2D eigenvalue weighted by Gasteiger charge is -2.26. The number of rotatable bonds is 3. The highest BCUT2D eigenvalue weighted by Gasteiger charge is 2.15. The van der Waals surface area contributed by atoms with Crippen molar-refractivity contribution in [2.24, 2.45) is 5.92 Å². The van der Waals surface area contributed by atoms with E-state index in [1.165, 1.54) is 6.42 Å². The molecule has 1 rings (SSSR count). The monoisotopic (exact) mass is 170 g/mol. The Labute approximate surface area is 74.1 Å². The van der Waals surface area contributed by atoms with E-state index >= 15 is 0 Å². The molecule has 0 spiro atoms. The van der Waals surface area contributed by atoms with Gasteiger partial charge in [0.1, 0.15) is 0 Å². The summed E-state index contributed by atoms with van der Waals surface area (Å²) in [6, 6.07) is 0. The highest BCUT2D eigenvalue weighted by Crippen LogP contribution is 2.02. The maximum Gasteiger partial charge on any atom is 0.234 e. The van der Waals surface area contributed by atoms with Crippen LogP contribution in [-0.4, -0.2) is 37.0 Å². The summed E-state index contributed by atoms with van der Waals surface area (Å²) in [4.78, 5) is 13.2. The van der Waals surface area contributed by atoms with Crippen LogP contribution in [0, 0.1) is 5.92 Å². The summed E-state index contributed by atoms with van der Waals surface area (Å²) >= 11 is 0. The smallest absolute Gasteiger partial charge is 0.234 e. The molecular weight excluding hydrogens is 152 g/mol. The van der Waals surface area contributed by atoms with E-state index in [2.05, 4.69) is 24.1 Å². The highest BCUT2D eigenvalue weighted by atomic mass is 16.2. The molecule has 1 aliphatic rings. The Morgan fingerprint density at radius 3 is 2.92 bits per heavy atom. The molecule has 1 fully saturated rings. The molecule has 1 aliphatic heterocycles. The van der Waals surface area contributed by atoms with Gasteiger partial charge in [0.2, 0.25) is 5.91 Å². The zero-order chi connectivity index (χ0) is 8.97. The number of carbonyl (C=O) groups is 1. The maximum atomic E-state index is 11.0. The molecule has 0 aromatic carbocycles. The predicted octanol–water partition coefficient (Wildman–Crippen LogP) is 0.464. The fraction of sp³-hybridized carbons (Fsp3) is 0.889. The van der Waals surface area contributed by atoms with Crippen LogP contribution in [0.2, 0.25) is 0 Å². The van der Waals surface area contributed by atoms with Crippen molar-refractivity contribution in [1.29, 1.82) is 0 Å². The fourth-order valence-electron chi connectivity index (χ4n) is 1.32. The second-order valence-corrected chi connectivity index (χ2v) is 3.81. The number of carbonyl (C=O) groups excluding carboxylic acids is 1. The summed E-state index contributed by atoms with van der Waals surface area (Å²) in [7, 11) is 0. The summed E-state index contributed by atoms with van der Waals surface area (Å²) in [6.45, 7) is 7.90. The highest BCUT2D eigenvalue weighted by molar-refractivity contribution is 5.78. The van der Waals surface area contributed by atoms with Gasteiger partial charge in [0.25, 0.3) is 0 Å². The first-order chi connectivity index (χ1) is 5.68. The topological polar surface area (TPSA) is 32.3 Å². The third kappa shape index (κ3) is 3.22. The Hall–Kier alpha value is -0.570. The molecule has 0 bridgehead atoms. The molecule has 12 heavy (non-hydrogen) atoms. The standard InChI is InChI=1S/C9H18N2O/c1-8(2)3-5-11-6-4-10-9(12)7-11/h8H,3-7H2,1-2H3,(H,10,12). The minimum Gasteiger partial charge on any atom is -0.354 e. The van der Waals surface area contributed by atoms with Crippen LogP contribution in [0.25, 0.3) is 0 Å². The number of amides is 1. The van der Waals surface area contributed by atoms with Gasteiger partial charge in [0, 0.05) is 13.1 Å². The summed E-state index contributed by atoms with van der Waals surface area (Å²) in [5.74, 6) is 0.903. The molecule has 0 radical (unpaired) electrons. The SMILES string of the molecule is CC(C)CCN1CCNC(=O)C1. The van der Waals surface area contributed by atoms with E-state index in [0.717, 1.165) is 25.6 Å². The van der Waals surface area contributed by atoms with Crippen LogP contribution < -0.4 is 5.32 Å². The Kier molecular flexibility index (Phi) is 3.53. The molecule has 0 saturated carbocycles. The van der Waals surface area contributed by atoms with Crippen molar-refractivity contribution in [3.05, 3.63) is 0 Å². The Morgan fingerprint density at radius 2 is 2.33 bits per heavy atom. The van der Waals surface area contributed by atoms with Crippen molar-refractivity contribution in [3.8, 4) is 0 Å². The number of nitrogens with one attached hydrogen (secondary N) is 1. The molecule has 0 aliphatic carbocycles. The molecule has 1 N–H and O–H groups in total. The summed E-state index contributed by atoms with van der Waals surface area (Å²) in [6.07, 6.45) is 1.19. The lowest BCUT2D eigenvalue weighted by molar-refractivity contribution is -0.124. The van der Waals surface area contributed by atoms with Crippen LogP contribution >= 0.6 is 0 Å². The molecule has 3 nitrogen and oxygen atoms in total. The number of hydrogen-bond donors (Lipinski definition) is 1. The van der Waals surface area contributed by atoms with E-state index in [-0.39, 0.29) is 5.91 Å². The largest absolute Gasteiger partial charge is 0.354 e. The zero-order valence-electron chi connectivity index (χ0n) is 7.97. The van der Waals surface area contributed by atoms with Crippen LogP contribution in [0.1, 0.15) is 20.3 Å². The lowest BCUT2D eigenvalue weighted by Crippen LogP contribution is -2.47. The van der Waals surface area contributed by atoms with Gasteiger partial charge in [-0.15, -0.1) is 0 Å². The van der Waals surface area contributed by atoms with Gasteiger partial charge in [-0.1, -0.05) is 13.8 Å². The Bertz CT molecular complexity index is 157. The second-order valence-electron chi connectivity index (χ2n) is 3.81. The lowest BCUT2D eigenvalue weighted by atomic mass is 10.1. The normalized spacial score (nSPS) is 19.8. The van der Waals surface area contributed by atoms with Crippen molar-refractivity contribution >= 4 is 5.91 Å². The molecule has 0 aromatic rings. The van der Waals surface area contributed by atoms with E-state index in [9.17, 15) is 4.79 Å². The van der Waals surface area contributed by atoms with Gasteiger partial charge >= 0.3 is 0 Å². The molecule has 1 saturated heterocycles. The van der Waals surface area contributed by atoms with E-state index in [1.54, 1.807) is 0 Å². The van der Waals surface area contributed by atoms with Crippen molar-refractivity contribution in [3.63, 3.8) is 0 Å². The first-order valence-corrected chi connectivity index (χ1v) is 4.67. The van der Waals surface area contributed by atoms with Gasteiger partial charge in [-0.2, -0.15) is 0 Å². The molecule has 1 heterocycles. The Morgan fingerprint density at radius 1 is 1.58 bits per heavy atom. The Balaban J connectivity index is 2.18. The van der Waals surface area contributed by atoms with Gasteiger partial charge in [0.15, 0.2) is 0 Å². The van der Waals surface area contributed by atoms with Crippen LogP contribution in [0.5, 0.6) is 0 Å². The van der Waals surface area contributed by atoms with Crippen LogP contribution in [-0.2, 0) is 4.79 Å². The summed E-state index contributed by atoms with van der Waals surface area (Å²) in [5.41, 5.74) is 0. The van der Waals surface area contributed by atoms with Gasteiger partial charge in [-0.3, -0.25) is 9.69 Å².